The van der Waals surface area contributed by atoms with Crippen molar-refractivity contribution in [2.45, 2.75) is 6.92 Å². The van der Waals surface area contributed by atoms with Crippen LogP contribution in [0.3, 0.4) is 0 Å². The van der Waals surface area contributed by atoms with E-state index in [1.807, 2.05) is 22.6 Å². The maximum atomic E-state index is 12.3. The zero-order chi connectivity index (χ0) is 20.0. The Morgan fingerprint density at radius 1 is 1.37 bits per heavy atom. The van der Waals surface area contributed by atoms with E-state index in [4.69, 9.17) is 14.2 Å². The number of hydrogen-bond donors (Lipinski definition) is 0. The van der Waals surface area contributed by atoms with Crippen LogP contribution in [0.5, 0.6) is 11.5 Å². The number of benzene rings is 1. The maximum absolute atomic E-state index is 12.3. The Morgan fingerprint density at radius 2 is 2.11 bits per heavy atom. The Hall–Kier alpha value is -2.01. The number of nitrogens with zero attached hydrogens (tertiary/aromatic N) is 1. The third-order valence-corrected chi connectivity index (χ3v) is 5.08. The van der Waals surface area contributed by atoms with E-state index in [2.05, 4.69) is 6.58 Å². The van der Waals surface area contributed by atoms with Crippen molar-refractivity contribution in [3.63, 3.8) is 0 Å². The highest BCUT2D eigenvalue weighted by Crippen LogP contribution is 2.37. The Labute approximate surface area is 174 Å². The van der Waals surface area contributed by atoms with Crippen LogP contribution in [-0.2, 0) is 14.3 Å². The van der Waals surface area contributed by atoms with Crippen LogP contribution in [0.15, 0.2) is 29.7 Å². The monoisotopic (exact) mass is 503 g/mol. The summed E-state index contributed by atoms with van der Waals surface area (Å²) in [6.07, 6.45) is 3.12. The first-order valence-corrected chi connectivity index (χ1v) is 9.83. The number of carbonyl (C=O) groups is 3. The van der Waals surface area contributed by atoms with Gasteiger partial charge in [-0.1, -0.05) is 6.08 Å². The number of carbonyl (C=O) groups excluding carboxylic acids is 3. The molecule has 0 bridgehead atoms. The SMILES string of the molecule is C=CCN1C(=O)S/C(=C/c2cc(I)c(OCC(=O)OCC)c(OC)c2)C1=O. The van der Waals surface area contributed by atoms with Crippen LogP contribution in [0.1, 0.15) is 12.5 Å². The van der Waals surface area contributed by atoms with Gasteiger partial charge in [0.25, 0.3) is 11.1 Å². The van der Waals surface area contributed by atoms with Crippen LogP contribution in [0.25, 0.3) is 6.08 Å². The van der Waals surface area contributed by atoms with Crippen LogP contribution in [0.4, 0.5) is 4.79 Å². The third-order valence-electron chi connectivity index (χ3n) is 3.37. The van der Waals surface area contributed by atoms with Gasteiger partial charge in [-0.05, 0) is 65.0 Å². The van der Waals surface area contributed by atoms with Gasteiger partial charge >= 0.3 is 5.97 Å². The average molecular weight is 503 g/mol. The van der Waals surface area contributed by atoms with E-state index in [0.717, 1.165) is 16.7 Å². The van der Waals surface area contributed by atoms with E-state index in [1.165, 1.54) is 13.2 Å². The summed E-state index contributed by atoms with van der Waals surface area (Å²) in [6, 6.07) is 3.44. The second kappa shape index (κ2) is 9.79. The van der Waals surface area contributed by atoms with Crippen LogP contribution >= 0.6 is 34.4 Å². The Kier molecular flexibility index (Phi) is 7.72. The summed E-state index contributed by atoms with van der Waals surface area (Å²) < 4.78 is 16.4. The molecule has 0 saturated carbocycles. The molecule has 1 aromatic rings. The van der Waals surface area contributed by atoms with Crippen molar-refractivity contribution in [2.75, 3.05) is 26.9 Å². The number of rotatable bonds is 8. The molecule has 1 aliphatic heterocycles. The lowest BCUT2D eigenvalue weighted by Crippen LogP contribution is -2.27. The lowest BCUT2D eigenvalue weighted by atomic mass is 10.2. The van der Waals surface area contributed by atoms with Crippen LogP contribution < -0.4 is 9.47 Å². The minimum atomic E-state index is -0.477. The number of esters is 1. The first kappa shape index (κ1) is 21.3. The lowest BCUT2D eigenvalue weighted by molar-refractivity contribution is -0.145. The van der Waals surface area contributed by atoms with Gasteiger partial charge in [-0.15, -0.1) is 6.58 Å². The van der Waals surface area contributed by atoms with Crippen molar-refractivity contribution >= 4 is 57.5 Å². The first-order valence-electron chi connectivity index (χ1n) is 7.93. The summed E-state index contributed by atoms with van der Waals surface area (Å²) in [6.45, 7) is 5.47. The van der Waals surface area contributed by atoms with E-state index in [0.29, 0.717) is 25.5 Å². The third kappa shape index (κ3) is 5.25. The van der Waals surface area contributed by atoms with Gasteiger partial charge in [-0.25, -0.2) is 4.79 Å². The van der Waals surface area contributed by atoms with Gasteiger partial charge < -0.3 is 14.2 Å². The number of methoxy groups -OCH3 is 1. The molecule has 7 nitrogen and oxygen atoms in total. The smallest absolute Gasteiger partial charge is 0.344 e. The quantitative estimate of drug-likeness (QED) is 0.233. The molecule has 2 amide bonds. The lowest BCUT2D eigenvalue weighted by Gasteiger charge is -2.13. The van der Waals surface area contributed by atoms with E-state index in [-0.39, 0.29) is 30.9 Å². The van der Waals surface area contributed by atoms with Crippen molar-refractivity contribution in [1.29, 1.82) is 0 Å². The summed E-state index contributed by atoms with van der Waals surface area (Å²) >= 11 is 2.92. The number of ether oxygens (including phenoxy) is 3. The number of halogens is 1. The molecule has 2 rings (SSSR count). The summed E-state index contributed by atoms with van der Waals surface area (Å²) in [4.78, 5) is 37.2. The fraction of sp³-hybridized carbons (Fsp3) is 0.278. The van der Waals surface area contributed by atoms with E-state index in [1.54, 1.807) is 25.1 Å². The van der Waals surface area contributed by atoms with Gasteiger partial charge in [0.1, 0.15) is 0 Å². The van der Waals surface area contributed by atoms with Gasteiger partial charge in [0.05, 0.1) is 22.2 Å². The molecule has 0 unspecified atom stereocenters. The molecule has 1 aliphatic rings. The van der Waals surface area contributed by atoms with Crippen molar-refractivity contribution in [2.24, 2.45) is 0 Å². The molecule has 0 spiro atoms. The predicted octanol–water partition coefficient (Wildman–Crippen LogP) is 3.46. The van der Waals surface area contributed by atoms with Gasteiger partial charge in [0.2, 0.25) is 0 Å². The molecule has 9 heteroatoms. The maximum Gasteiger partial charge on any atom is 0.344 e. The fourth-order valence-electron chi connectivity index (χ4n) is 2.23. The Balaban J connectivity index is 2.26. The van der Waals surface area contributed by atoms with Gasteiger partial charge in [0.15, 0.2) is 18.1 Å². The van der Waals surface area contributed by atoms with Crippen molar-refractivity contribution in [3.8, 4) is 11.5 Å². The Morgan fingerprint density at radius 3 is 2.74 bits per heavy atom. The summed E-state index contributed by atoms with van der Waals surface area (Å²) in [5, 5.41) is -0.331. The fourth-order valence-corrected chi connectivity index (χ4v) is 3.86. The molecule has 0 aromatic heterocycles. The summed E-state index contributed by atoms with van der Waals surface area (Å²) in [5.41, 5.74) is 0.670. The van der Waals surface area contributed by atoms with Crippen LogP contribution in [0.2, 0.25) is 0 Å². The molecule has 1 fully saturated rings. The van der Waals surface area contributed by atoms with Crippen LogP contribution in [-0.4, -0.2) is 48.9 Å². The first-order chi connectivity index (χ1) is 12.9. The van der Waals surface area contributed by atoms with Crippen LogP contribution in [0, 0.1) is 3.57 Å². The summed E-state index contributed by atoms with van der Waals surface area (Å²) in [7, 11) is 1.48. The van der Waals surface area contributed by atoms with Crippen molar-refractivity contribution < 1.29 is 28.6 Å². The zero-order valence-corrected chi connectivity index (χ0v) is 17.8. The van der Waals surface area contributed by atoms with Crippen molar-refractivity contribution in [1.82, 2.24) is 4.90 Å². The molecule has 0 N–H and O–H groups in total. The number of imide groups is 1. The molecular weight excluding hydrogens is 485 g/mol. The zero-order valence-electron chi connectivity index (χ0n) is 14.8. The standard InChI is InChI=1S/C18H18INO6S/c1-4-6-20-17(22)14(27-18(20)23)9-11-7-12(19)16(13(8-11)24-3)26-10-15(21)25-5-2/h4,7-9H,1,5-6,10H2,2-3H3/b14-9+. The molecule has 27 heavy (non-hydrogen) atoms. The number of thioether (sulfide) groups is 1. The molecule has 144 valence electrons. The van der Waals surface area contributed by atoms with Gasteiger partial charge in [-0.2, -0.15) is 0 Å². The second-order valence-electron chi connectivity index (χ2n) is 5.21. The highest BCUT2D eigenvalue weighted by Gasteiger charge is 2.34. The second-order valence-corrected chi connectivity index (χ2v) is 7.36. The molecule has 1 aromatic carbocycles. The predicted molar refractivity (Wildman–Crippen MR) is 111 cm³/mol. The van der Waals surface area contributed by atoms with E-state index < -0.39 is 5.97 Å². The minimum Gasteiger partial charge on any atom is -0.493 e. The summed E-state index contributed by atoms with van der Waals surface area (Å²) in [5.74, 6) is -0.0253. The number of hydrogen-bond acceptors (Lipinski definition) is 7. The van der Waals surface area contributed by atoms with E-state index in [9.17, 15) is 14.4 Å². The normalized spacial score (nSPS) is 15.2. The minimum absolute atomic E-state index is 0.170. The Bertz CT molecular complexity index is 807. The van der Waals surface area contributed by atoms with Gasteiger partial charge in [0, 0.05) is 6.54 Å². The molecule has 1 saturated heterocycles. The molecule has 0 radical (unpaired) electrons. The topological polar surface area (TPSA) is 82.1 Å². The highest BCUT2D eigenvalue weighted by atomic mass is 127. The molecule has 0 atom stereocenters. The number of amides is 2. The average Bonchev–Trinajstić information content (AvgIpc) is 2.88. The van der Waals surface area contributed by atoms with E-state index >= 15 is 0 Å². The molecular formula is C18H18INO6S. The largest absolute Gasteiger partial charge is 0.493 e. The highest BCUT2D eigenvalue weighted by molar-refractivity contribution is 14.1. The van der Waals surface area contributed by atoms with Crippen molar-refractivity contribution in [3.05, 3.63) is 38.8 Å². The molecule has 1 heterocycles. The molecule has 0 aliphatic carbocycles. The van der Waals surface area contributed by atoms with Gasteiger partial charge in [-0.3, -0.25) is 14.5 Å².